The van der Waals surface area contributed by atoms with Crippen molar-refractivity contribution < 1.29 is 26.7 Å². The number of benzene rings is 2. The monoisotopic (exact) mass is 355 g/mol. The first-order valence-corrected chi connectivity index (χ1v) is 6.54. The van der Waals surface area contributed by atoms with Crippen molar-refractivity contribution >= 4 is 23.2 Å². The summed E-state index contributed by atoms with van der Waals surface area (Å²) in [6.07, 6.45) is -5.74. The van der Waals surface area contributed by atoms with Gasteiger partial charge in [0.25, 0.3) is 0 Å². The average Bonchev–Trinajstić information content (AvgIpc) is 2.45. The van der Waals surface area contributed by atoms with Gasteiger partial charge in [-0.05, 0) is 23.8 Å². The molecular formula is C15H15ClF5NO. The first-order chi connectivity index (χ1) is 10.2. The fourth-order valence-corrected chi connectivity index (χ4v) is 2.24. The zero-order valence-electron chi connectivity index (χ0n) is 12.0. The van der Waals surface area contributed by atoms with Gasteiger partial charge in [0.1, 0.15) is 11.8 Å². The molecule has 8 heteroatoms. The van der Waals surface area contributed by atoms with Gasteiger partial charge in [-0.15, -0.1) is 12.4 Å². The van der Waals surface area contributed by atoms with Gasteiger partial charge in [0.15, 0.2) is 0 Å². The van der Waals surface area contributed by atoms with Crippen molar-refractivity contribution in [2.45, 2.75) is 25.1 Å². The Morgan fingerprint density at radius 3 is 2.22 bits per heavy atom. The van der Waals surface area contributed by atoms with Crippen molar-refractivity contribution in [3.05, 3.63) is 42.0 Å². The molecule has 0 unspecified atom stereocenters. The molecular weight excluding hydrogens is 341 g/mol. The molecule has 0 aliphatic rings. The van der Waals surface area contributed by atoms with E-state index in [-0.39, 0.29) is 35.7 Å². The van der Waals surface area contributed by atoms with E-state index in [4.69, 9.17) is 10.5 Å². The summed E-state index contributed by atoms with van der Waals surface area (Å²) in [5.74, 6) is -5.14. The first-order valence-electron chi connectivity index (χ1n) is 6.54. The van der Waals surface area contributed by atoms with Gasteiger partial charge in [-0.2, -0.15) is 22.0 Å². The normalized spacial score (nSPS) is 13.5. The van der Waals surface area contributed by atoms with Gasteiger partial charge in [0, 0.05) is 5.56 Å². The first kappa shape index (κ1) is 19.4. The molecule has 0 fully saturated rings. The molecule has 1 atom stereocenters. The Hall–Kier alpha value is -1.60. The van der Waals surface area contributed by atoms with E-state index in [2.05, 4.69) is 0 Å². The average molecular weight is 356 g/mol. The van der Waals surface area contributed by atoms with E-state index in [0.29, 0.717) is 5.39 Å². The second kappa shape index (κ2) is 6.88. The molecule has 0 radical (unpaired) electrons. The fourth-order valence-electron chi connectivity index (χ4n) is 2.24. The fraction of sp³-hybridized carbons (Fsp3) is 0.333. The lowest BCUT2D eigenvalue weighted by atomic mass is 9.94. The molecule has 2 N–H and O–H groups in total. The van der Waals surface area contributed by atoms with Crippen molar-refractivity contribution in [3.8, 4) is 5.75 Å². The van der Waals surface area contributed by atoms with Crippen molar-refractivity contribution in [3.63, 3.8) is 0 Å². The van der Waals surface area contributed by atoms with Gasteiger partial charge >= 0.3 is 12.1 Å². The number of halogens is 6. The SMILES string of the molecule is CCOc1ccc2ccccc2c1[C@H](N)C(F)(F)C(F)(F)F.Cl. The van der Waals surface area contributed by atoms with Crippen LogP contribution in [0.5, 0.6) is 5.75 Å². The molecule has 0 heterocycles. The second-order valence-electron chi connectivity index (χ2n) is 4.73. The number of hydrogen-bond donors (Lipinski definition) is 1. The third kappa shape index (κ3) is 3.50. The molecule has 0 saturated carbocycles. The molecule has 0 spiro atoms. The van der Waals surface area contributed by atoms with Crippen LogP contribution >= 0.6 is 12.4 Å². The van der Waals surface area contributed by atoms with Crippen molar-refractivity contribution in [2.75, 3.05) is 6.61 Å². The highest BCUT2D eigenvalue weighted by Crippen LogP contribution is 2.47. The van der Waals surface area contributed by atoms with Crippen LogP contribution in [0.25, 0.3) is 10.8 Å². The summed E-state index contributed by atoms with van der Waals surface area (Å²) >= 11 is 0. The lowest BCUT2D eigenvalue weighted by Crippen LogP contribution is -2.46. The van der Waals surface area contributed by atoms with E-state index >= 15 is 0 Å². The Bertz CT molecular complexity index is 674. The summed E-state index contributed by atoms with van der Waals surface area (Å²) < 4.78 is 70.3. The summed E-state index contributed by atoms with van der Waals surface area (Å²) in [6.45, 7) is 1.72. The zero-order valence-corrected chi connectivity index (χ0v) is 12.8. The molecule has 0 amide bonds. The molecule has 23 heavy (non-hydrogen) atoms. The Kier molecular flexibility index (Phi) is 5.82. The van der Waals surface area contributed by atoms with Gasteiger partial charge in [-0.25, -0.2) is 0 Å². The van der Waals surface area contributed by atoms with E-state index in [1.54, 1.807) is 31.2 Å². The third-order valence-electron chi connectivity index (χ3n) is 3.31. The number of ether oxygens (including phenoxy) is 1. The van der Waals surface area contributed by atoms with Crippen LogP contribution in [0.15, 0.2) is 36.4 Å². The topological polar surface area (TPSA) is 35.2 Å². The molecule has 0 aromatic heterocycles. The van der Waals surface area contributed by atoms with Crippen molar-refractivity contribution in [1.82, 2.24) is 0 Å². The summed E-state index contributed by atoms with van der Waals surface area (Å²) in [4.78, 5) is 0. The number of fused-ring (bicyclic) bond motifs is 1. The summed E-state index contributed by atoms with van der Waals surface area (Å²) in [6, 6.07) is 6.63. The predicted molar refractivity (Wildman–Crippen MR) is 80.3 cm³/mol. The number of alkyl halides is 5. The maximum absolute atomic E-state index is 13.7. The van der Waals surface area contributed by atoms with E-state index in [1.807, 2.05) is 0 Å². The van der Waals surface area contributed by atoms with Crippen LogP contribution < -0.4 is 10.5 Å². The lowest BCUT2D eigenvalue weighted by molar-refractivity contribution is -0.290. The van der Waals surface area contributed by atoms with Gasteiger partial charge < -0.3 is 10.5 Å². The molecule has 0 aliphatic heterocycles. The van der Waals surface area contributed by atoms with Crippen LogP contribution in [0.4, 0.5) is 22.0 Å². The number of rotatable bonds is 4. The maximum atomic E-state index is 13.7. The number of hydrogen-bond acceptors (Lipinski definition) is 2. The second-order valence-corrected chi connectivity index (χ2v) is 4.73. The van der Waals surface area contributed by atoms with Crippen LogP contribution in [-0.2, 0) is 0 Å². The van der Waals surface area contributed by atoms with Crippen LogP contribution in [0, 0.1) is 0 Å². The summed E-state index contributed by atoms with van der Waals surface area (Å²) in [5.41, 5.74) is 4.96. The molecule has 2 aromatic rings. The molecule has 2 aromatic carbocycles. The predicted octanol–water partition coefficient (Wildman–Crippen LogP) is 4.86. The van der Waals surface area contributed by atoms with E-state index in [0.717, 1.165) is 0 Å². The molecule has 0 bridgehead atoms. The van der Waals surface area contributed by atoms with Crippen LogP contribution in [0.3, 0.4) is 0 Å². The largest absolute Gasteiger partial charge is 0.494 e. The maximum Gasteiger partial charge on any atom is 0.455 e. The smallest absolute Gasteiger partial charge is 0.455 e. The molecule has 128 valence electrons. The standard InChI is InChI=1S/C15H14F5NO.ClH/c1-2-22-11-8-7-9-5-3-4-6-10(9)12(11)13(21)14(16,17)15(18,19)20;/h3-8,13H,2,21H2,1H3;1H/t13-;/m0./s1. The number of nitrogens with two attached hydrogens (primary N) is 1. The lowest BCUT2D eigenvalue weighted by Gasteiger charge is -2.28. The minimum atomic E-state index is -5.74. The molecule has 2 rings (SSSR count). The summed E-state index contributed by atoms with van der Waals surface area (Å²) in [7, 11) is 0. The quantitative estimate of drug-likeness (QED) is 0.795. The highest BCUT2D eigenvalue weighted by Gasteiger charge is 2.62. The van der Waals surface area contributed by atoms with Crippen LogP contribution in [-0.4, -0.2) is 18.7 Å². The Balaban J connectivity index is 0.00000264. The minimum Gasteiger partial charge on any atom is -0.494 e. The van der Waals surface area contributed by atoms with Gasteiger partial charge in [-0.3, -0.25) is 0 Å². The van der Waals surface area contributed by atoms with Gasteiger partial charge in [-0.1, -0.05) is 30.3 Å². The van der Waals surface area contributed by atoms with E-state index in [9.17, 15) is 22.0 Å². The highest BCUT2D eigenvalue weighted by molar-refractivity contribution is 5.88. The van der Waals surface area contributed by atoms with Gasteiger partial charge in [0.05, 0.1) is 6.61 Å². The van der Waals surface area contributed by atoms with Gasteiger partial charge in [0.2, 0.25) is 0 Å². The minimum absolute atomic E-state index is 0. The summed E-state index contributed by atoms with van der Waals surface area (Å²) in [5, 5.41) is 0.722. The third-order valence-corrected chi connectivity index (χ3v) is 3.31. The van der Waals surface area contributed by atoms with E-state index in [1.165, 1.54) is 12.1 Å². The van der Waals surface area contributed by atoms with Crippen LogP contribution in [0.1, 0.15) is 18.5 Å². The molecule has 2 nitrogen and oxygen atoms in total. The Labute approximate surface area is 135 Å². The van der Waals surface area contributed by atoms with Crippen LogP contribution in [0.2, 0.25) is 0 Å². The van der Waals surface area contributed by atoms with E-state index < -0.39 is 18.1 Å². The highest BCUT2D eigenvalue weighted by atomic mass is 35.5. The zero-order chi connectivity index (χ0) is 16.5. The van der Waals surface area contributed by atoms with Crippen molar-refractivity contribution in [1.29, 1.82) is 0 Å². The van der Waals surface area contributed by atoms with Crippen molar-refractivity contribution in [2.24, 2.45) is 5.73 Å². The Morgan fingerprint density at radius 1 is 1.04 bits per heavy atom. The molecule has 0 saturated heterocycles. The Morgan fingerprint density at radius 2 is 1.65 bits per heavy atom. The molecule has 0 aliphatic carbocycles.